The van der Waals surface area contributed by atoms with E-state index in [-0.39, 0.29) is 1.43 Å². The van der Waals surface area contributed by atoms with Crippen molar-refractivity contribution < 1.29 is 43.9 Å². The molecule has 0 atom stereocenters. The maximum atomic E-state index is 8.56. The van der Waals surface area contributed by atoms with Crippen LogP contribution < -0.4 is 0 Å². The molecule has 0 aliphatic rings. The molecule has 0 aliphatic heterocycles. The van der Waals surface area contributed by atoms with E-state index in [2.05, 4.69) is 0 Å². The third kappa shape index (κ3) is 12.2. The number of hydrogen-bond acceptors (Lipinski definition) is 3. The molecule has 0 spiro atoms. The van der Waals surface area contributed by atoms with Crippen LogP contribution in [0.2, 0.25) is 0 Å². The van der Waals surface area contributed by atoms with Crippen LogP contribution in [-0.2, 0) is 0.120 Å². The van der Waals surface area contributed by atoms with Crippen LogP contribution >= 0.6 is 0 Å². The summed E-state index contributed by atoms with van der Waals surface area (Å²) < 4.78 is 25.7. The zero-order chi connectivity index (χ0) is 3.58. The van der Waals surface area contributed by atoms with Gasteiger partial charge in [-0.25, -0.2) is 0 Å². The summed E-state index contributed by atoms with van der Waals surface area (Å²) >= 11 is -3.92. The first-order valence-corrected chi connectivity index (χ1v) is 2.90. The van der Waals surface area contributed by atoms with Gasteiger partial charge >= 0.3 is 43.9 Å². The predicted molar refractivity (Wildman–Crippen MR) is 3.17 cm³/mol. The largest absolute Gasteiger partial charge is 1.00 e. The molecule has 0 fully saturated rings. The van der Waals surface area contributed by atoms with Gasteiger partial charge in [0.1, 0.15) is 0 Å². The first kappa shape index (κ1) is 4.97. The molecule has 0 heterocycles. The van der Waals surface area contributed by atoms with Crippen LogP contribution in [0.15, 0.2) is 0 Å². The monoisotopic (exact) mass is 181 g/mol. The van der Waals surface area contributed by atoms with Crippen molar-refractivity contribution in [1.82, 2.24) is 0 Å². The molecule has 3 nitrogen and oxygen atoms in total. The third-order valence-corrected chi connectivity index (χ3v) is 0. The molecule has 0 aliphatic carbocycles. The SMILES string of the molecule is O=[Xe](=O)=O.[H+]. The van der Waals surface area contributed by atoms with Gasteiger partial charge in [-0.1, -0.05) is 0 Å². The predicted octanol–water partition coefficient (Wildman–Crippen LogP) is -0.244. The smallest absolute Gasteiger partial charge is 1.00 e. The summed E-state index contributed by atoms with van der Waals surface area (Å²) in [5.41, 5.74) is 0. The molecule has 0 radical (unpaired) electrons. The molecule has 0 saturated heterocycles. The Balaban J connectivity index is 0. The number of hydrogen-bond donors (Lipinski definition) is 0. The minimum absolute atomic E-state index is 0. The summed E-state index contributed by atoms with van der Waals surface area (Å²) in [4.78, 5) is 0. The van der Waals surface area contributed by atoms with Crippen LogP contribution in [0.25, 0.3) is 0 Å². The summed E-state index contributed by atoms with van der Waals surface area (Å²) in [6.07, 6.45) is 0. The van der Waals surface area contributed by atoms with Crippen molar-refractivity contribution in [2.24, 2.45) is 0 Å². The van der Waals surface area contributed by atoms with Crippen LogP contribution in [0, 0.1) is 42.4 Å². The number of rotatable bonds is 0. The molecule has 0 aromatic carbocycles. The molecule has 26 valence electrons. The van der Waals surface area contributed by atoms with Gasteiger partial charge in [-0.05, 0) is 0 Å². The fraction of sp³-hybridized carbons (Fsp3) is 0. The quantitative estimate of drug-likeness (QED) is 0.517. The molecule has 4 heavy (non-hydrogen) atoms. The van der Waals surface area contributed by atoms with Crippen molar-refractivity contribution in [1.29, 1.82) is 0 Å². The molecule has 0 rings (SSSR count). The van der Waals surface area contributed by atoms with E-state index in [1.165, 1.54) is 0 Å². The van der Waals surface area contributed by atoms with Gasteiger partial charge in [-0.3, -0.25) is 0 Å². The molecule has 0 bridgehead atoms. The maximum absolute atomic E-state index is 8.56. The van der Waals surface area contributed by atoms with E-state index in [1.807, 2.05) is 0 Å². The van der Waals surface area contributed by atoms with Crippen LogP contribution in [0.3, 0.4) is 0 Å². The van der Waals surface area contributed by atoms with Crippen LogP contribution in [0.4, 0.5) is 0 Å². The van der Waals surface area contributed by atoms with Crippen molar-refractivity contribution >= 4 is 0 Å². The van der Waals surface area contributed by atoms with Crippen LogP contribution in [-0.4, -0.2) is 0 Å². The van der Waals surface area contributed by atoms with Gasteiger partial charge in [0.15, 0.2) is 0 Å². The first-order valence-electron chi connectivity index (χ1n) is 0.433. The van der Waals surface area contributed by atoms with Gasteiger partial charge in [0.05, 0.1) is 0 Å². The summed E-state index contributed by atoms with van der Waals surface area (Å²) in [5.74, 6) is 0. The van der Waals surface area contributed by atoms with E-state index in [1.54, 1.807) is 0 Å². The van der Waals surface area contributed by atoms with Gasteiger partial charge < -0.3 is 0 Å². The average Bonchev–Trinajstić information content (AvgIpc) is 0.811. The van der Waals surface area contributed by atoms with Crippen molar-refractivity contribution in [2.75, 3.05) is 0 Å². The zero-order valence-corrected chi connectivity index (χ0v) is 3.60. The van der Waals surface area contributed by atoms with E-state index in [9.17, 15) is 0 Å². The molecular weight excluding hydrogens is 179 g/mol. The fourth-order valence-corrected chi connectivity index (χ4v) is 0. The van der Waals surface area contributed by atoms with E-state index < -0.39 is 42.4 Å². The van der Waals surface area contributed by atoms with Gasteiger partial charge in [-0.2, -0.15) is 0 Å². The standard InChI is InChI=1S/O3Xe/c1-4(2)3/p+1. The van der Waals surface area contributed by atoms with E-state index in [4.69, 9.17) is 0.120 Å². The Morgan fingerprint density at radius 2 is 1.25 bits per heavy atom. The first-order chi connectivity index (χ1) is 1.73. The van der Waals surface area contributed by atoms with Gasteiger partial charge in [0.25, 0.3) is 0 Å². The topological polar surface area (TPSA) is 51.2 Å². The molecule has 0 aromatic rings. The molecular formula is HO3Xe+. The van der Waals surface area contributed by atoms with Crippen LogP contribution in [0.5, 0.6) is 0 Å². The van der Waals surface area contributed by atoms with Crippen molar-refractivity contribution in [3.05, 3.63) is 0 Å². The Morgan fingerprint density at radius 1 is 1.25 bits per heavy atom. The Kier molecular flexibility index (Phi) is 2.76. The van der Waals surface area contributed by atoms with Crippen molar-refractivity contribution in [3.63, 3.8) is 0 Å². The Bertz CT molecular complexity index is 76.3. The van der Waals surface area contributed by atoms with Crippen molar-refractivity contribution in [2.45, 2.75) is 0 Å². The zero-order valence-electron chi connectivity index (χ0n) is 2.58. The minimum Gasteiger partial charge on any atom is 1.00 e. The molecule has 0 aromatic heterocycles. The maximum Gasteiger partial charge on any atom is 1.00 e. The summed E-state index contributed by atoms with van der Waals surface area (Å²) in [7, 11) is 0. The minimum atomic E-state index is -3.92. The molecule has 0 saturated carbocycles. The molecule has 0 N–H and O–H groups in total. The Hall–Kier alpha value is 0.971. The fourth-order valence-electron chi connectivity index (χ4n) is 0. The van der Waals surface area contributed by atoms with E-state index in [0.717, 1.165) is 0 Å². The third-order valence-electron chi connectivity index (χ3n) is 0. The van der Waals surface area contributed by atoms with Gasteiger partial charge in [-0.15, -0.1) is 0 Å². The Labute approximate surface area is 43.1 Å². The van der Waals surface area contributed by atoms with Crippen LogP contribution in [0.1, 0.15) is 1.43 Å². The average molecular weight is 180 g/mol. The summed E-state index contributed by atoms with van der Waals surface area (Å²) in [6, 6.07) is 0. The van der Waals surface area contributed by atoms with Gasteiger partial charge in [0.2, 0.25) is 0 Å². The van der Waals surface area contributed by atoms with Crippen molar-refractivity contribution in [3.8, 4) is 0 Å². The normalized spacial score (nSPS) is 8.25. The summed E-state index contributed by atoms with van der Waals surface area (Å²) in [6.45, 7) is 0. The second-order valence-corrected chi connectivity index (χ2v) is 1.19. The second kappa shape index (κ2) is 2.22. The molecule has 0 amide bonds. The van der Waals surface area contributed by atoms with E-state index in [0.29, 0.717) is 0 Å². The van der Waals surface area contributed by atoms with Gasteiger partial charge in [0, 0.05) is 0 Å². The molecule has 4 heteroatoms. The Morgan fingerprint density at radius 3 is 1.25 bits per heavy atom. The summed E-state index contributed by atoms with van der Waals surface area (Å²) in [5, 5.41) is 0. The second-order valence-electron chi connectivity index (χ2n) is 0.177. The molecule has 0 unspecified atom stereocenters. The van der Waals surface area contributed by atoms with E-state index >= 15 is 0 Å².